The van der Waals surface area contributed by atoms with Gasteiger partial charge in [-0.05, 0) is 31.0 Å². The van der Waals surface area contributed by atoms with Crippen molar-refractivity contribution in [3.8, 4) is 17.0 Å². The van der Waals surface area contributed by atoms with E-state index in [1.54, 1.807) is 7.11 Å². The van der Waals surface area contributed by atoms with E-state index in [9.17, 15) is 4.79 Å². The molecule has 5 nitrogen and oxygen atoms in total. The molecule has 0 aliphatic rings. The summed E-state index contributed by atoms with van der Waals surface area (Å²) in [4.78, 5) is 12.9. The van der Waals surface area contributed by atoms with Crippen LogP contribution in [0.5, 0.6) is 5.75 Å². The van der Waals surface area contributed by atoms with Gasteiger partial charge in [0.2, 0.25) is 0 Å². The first-order valence-corrected chi connectivity index (χ1v) is 9.67. The van der Waals surface area contributed by atoms with Gasteiger partial charge in [0.05, 0.1) is 19.2 Å². The van der Waals surface area contributed by atoms with E-state index in [-0.39, 0.29) is 11.9 Å². The van der Waals surface area contributed by atoms with Gasteiger partial charge in [-0.25, -0.2) is 0 Å². The third-order valence-electron chi connectivity index (χ3n) is 4.64. The van der Waals surface area contributed by atoms with Gasteiger partial charge >= 0.3 is 0 Å². The van der Waals surface area contributed by atoms with Crippen molar-refractivity contribution < 1.29 is 9.53 Å². The van der Waals surface area contributed by atoms with E-state index >= 15 is 0 Å². The summed E-state index contributed by atoms with van der Waals surface area (Å²) < 4.78 is 7.16. The van der Waals surface area contributed by atoms with Crippen molar-refractivity contribution in [1.82, 2.24) is 15.1 Å². The summed E-state index contributed by atoms with van der Waals surface area (Å²) in [6.07, 6.45) is 3.80. The number of ether oxygens (including phenoxy) is 1. The molecule has 0 radical (unpaired) electrons. The van der Waals surface area contributed by atoms with Gasteiger partial charge in [-0.2, -0.15) is 5.10 Å². The molecule has 1 heterocycles. The van der Waals surface area contributed by atoms with Crippen LogP contribution in [0.15, 0.2) is 60.8 Å². The van der Waals surface area contributed by atoms with Crippen LogP contribution in [0.4, 0.5) is 0 Å². The van der Waals surface area contributed by atoms with Crippen LogP contribution in [0, 0.1) is 0 Å². The zero-order valence-electron chi connectivity index (χ0n) is 16.7. The first-order chi connectivity index (χ1) is 13.6. The Morgan fingerprint density at radius 1 is 1.18 bits per heavy atom. The number of amides is 1. The summed E-state index contributed by atoms with van der Waals surface area (Å²) in [5.41, 5.74) is 3.23. The largest absolute Gasteiger partial charge is 0.497 e. The number of carbonyl (C=O) groups is 1. The lowest BCUT2D eigenvalue weighted by Crippen LogP contribution is -2.32. The molecule has 0 aliphatic heterocycles. The Balaban J connectivity index is 1.96. The molecule has 2 aromatic carbocycles. The molecule has 3 rings (SSSR count). The quantitative estimate of drug-likeness (QED) is 0.628. The second kappa shape index (κ2) is 9.22. The smallest absolute Gasteiger partial charge is 0.255 e. The second-order valence-electron chi connectivity index (χ2n) is 6.97. The Labute approximate surface area is 166 Å². The van der Waals surface area contributed by atoms with Crippen LogP contribution in [-0.2, 0) is 6.54 Å². The van der Waals surface area contributed by atoms with Crippen molar-refractivity contribution in [1.29, 1.82) is 0 Å². The molecule has 0 aliphatic carbocycles. The van der Waals surface area contributed by atoms with E-state index in [4.69, 9.17) is 9.84 Å². The summed E-state index contributed by atoms with van der Waals surface area (Å²) >= 11 is 0. The maximum atomic E-state index is 12.9. The van der Waals surface area contributed by atoms with Gasteiger partial charge in [0.1, 0.15) is 11.4 Å². The molecule has 0 spiro atoms. The van der Waals surface area contributed by atoms with Gasteiger partial charge in [-0.15, -0.1) is 0 Å². The summed E-state index contributed by atoms with van der Waals surface area (Å²) in [7, 11) is 1.63. The molecule has 1 aromatic heterocycles. The van der Waals surface area contributed by atoms with Crippen molar-refractivity contribution >= 4 is 5.91 Å². The molecule has 1 atom stereocenters. The SMILES string of the molecule is CCC[C@@H](C)NC(=O)c1cn(Cc2ccccc2)nc1-c1cccc(OC)c1. The van der Waals surface area contributed by atoms with Crippen molar-refractivity contribution in [2.45, 2.75) is 39.3 Å². The summed E-state index contributed by atoms with van der Waals surface area (Å²) in [6.45, 7) is 4.75. The Hall–Kier alpha value is -3.08. The van der Waals surface area contributed by atoms with Crippen LogP contribution < -0.4 is 10.1 Å². The van der Waals surface area contributed by atoms with Crippen LogP contribution >= 0.6 is 0 Å². The number of nitrogens with one attached hydrogen (secondary N) is 1. The number of hydrogen-bond donors (Lipinski definition) is 1. The third kappa shape index (κ3) is 4.80. The summed E-state index contributed by atoms with van der Waals surface area (Å²) in [5.74, 6) is 0.638. The monoisotopic (exact) mass is 377 g/mol. The maximum Gasteiger partial charge on any atom is 0.255 e. The van der Waals surface area contributed by atoms with Gasteiger partial charge in [-0.3, -0.25) is 9.48 Å². The average molecular weight is 377 g/mol. The highest BCUT2D eigenvalue weighted by Gasteiger charge is 2.20. The number of nitrogens with zero attached hydrogens (tertiary/aromatic N) is 2. The van der Waals surface area contributed by atoms with E-state index < -0.39 is 0 Å². The molecule has 1 amide bonds. The van der Waals surface area contributed by atoms with Gasteiger partial charge in [0.25, 0.3) is 5.91 Å². The topological polar surface area (TPSA) is 56.2 Å². The van der Waals surface area contributed by atoms with Crippen molar-refractivity contribution in [3.63, 3.8) is 0 Å². The molecule has 1 N–H and O–H groups in total. The van der Waals surface area contributed by atoms with E-state index in [1.165, 1.54) is 0 Å². The van der Waals surface area contributed by atoms with Gasteiger partial charge in [-0.1, -0.05) is 55.8 Å². The minimum atomic E-state index is -0.0990. The number of rotatable bonds is 8. The highest BCUT2D eigenvalue weighted by molar-refractivity contribution is 6.00. The van der Waals surface area contributed by atoms with Crippen LogP contribution in [0.25, 0.3) is 11.3 Å². The van der Waals surface area contributed by atoms with Crippen molar-refractivity contribution in [2.75, 3.05) is 7.11 Å². The van der Waals surface area contributed by atoms with E-state index in [2.05, 4.69) is 24.4 Å². The number of methoxy groups -OCH3 is 1. The Bertz CT molecular complexity index is 919. The zero-order chi connectivity index (χ0) is 19.9. The molecular formula is C23H27N3O2. The molecule has 28 heavy (non-hydrogen) atoms. The third-order valence-corrected chi connectivity index (χ3v) is 4.64. The fourth-order valence-electron chi connectivity index (χ4n) is 3.23. The van der Waals surface area contributed by atoms with E-state index in [1.807, 2.05) is 60.3 Å². The Morgan fingerprint density at radius 3 is 2.68 bits per heavy atom. The molecule has 0 unspecified atom stereocenters. The van der Waals surface area contributed by atoms with Crippen molar-refractivity contribution in [2.24, 2.45) is 0 Å². The average Bonchev–Trinajstić information content (AvgIpc) is 3.13. The van der Waals surface area contributed by atoms with Gasteiger partial charge < -0.3 is 10.1 Å². The van der Waals surface area contributed by atoms with E-state index in [0.29, 0.717) is 17.8 Å². The summed E-state index contributed by atoms with van der Waals surface area (Å²) in [5, 5.41) is 7.82. The highest BCUT2D eigenvalue weighted by atomic mass is 16.5. The van der Waals surface area contributed by atoms with E-state index in [0.717, 1.165) is 29.7 Å². The Kier molecular flexibility index (Phi) is 6.48. The van der Waals surface area contributed by atoms with Crippen LogP contribution in [0.1, 0.15) is 42.6 Å². The number of aromatic nitrogens is 2. The second-order valence-corrected chi connectivity index (χ2v) is 6.97. The van der Waals surface area contributed by atoms with Crippen LogP contribution in [0.3, 0.4) is 0 Å². The van der Waals surface area contributed by atoms with Crippen LogP contribution in [0.2, 0.25) is 0 Å². The maximum absolute atomic E-state index is 12.9. The fourth-order valence-corrected chi connectivity index (χ4v) is 3.23. The molecule has 0 fully saturated rings. The molecule has 146 valence electrons. The molecule has 0 saturated heterocycles. The number of benzene rings is 2. The highest BCUT2D eigenvalue weighted by Crippen LogP contribution is 2.26. The van der Waals surface area contributed by atoms with Crippen LogP contribution in [-0.4, -0.2) is 28.8 Å². The lowest BCUT2D eigenvalue weighted by Gasteiger charge is -2.12. The minimum absolute atomic E-state index is 0.0990. The lowest BCUT2D eigenvalue weighted by molar-refractivity contribution is 0.0939. The molecule has 0 saturated carbocycles. The number of hydrogen-bond acceptors (Lipinski definition) is 3. The molecule has 0 bridgehead atoms. The lowest BCUT2D eigenvalue weighted by atomic mass is 10.1. The predicted octanol–water partition coefficient (Wildman–Crippen LogP) is 4.53. The summed E-state index contributed by atoms with van der Waals surface area (Å²) in [6, 6.07) is 17.9. The number of carbonyl (C=O) groups excluding carboxylic acids is 1. The Morgan fingerprint density at radius 2 is 1.96 bits per heavy atom. The van der Waals surface area contributed by atoms with Crippen molar-refractivity contribution in [3.05, 3.63) is 71.9 Å². The van der Waals surface area contributed by atoms with Gasteiger partial charge in [0, 0.05) is 17.8 Å². The first kappa shape index (κ1) is 19.7. The fraction of sp³-hybridized carbons (Fsp3) is 0.304. The van der Waals surface area contributed by atoms with Gasteiger partial charge in [0.15, 0.2) is 0 Å². The molecular weight excluding hydrogens is 350 g/mol. The predicted molar refractivity (Wildman–Crippen MR) is 112 cm³/mol. The molecule has 5 heteroatoms. The zero-order valence-corrected chi connectivity index (χ0v) is 16.7. The standard InChI is InChI=1S/C23H27N3O2/c1-4-9-17(2)24-23(27)21-16-26(15-18-10-6-5-7-11-18)25-22(21)19-12-8-13-20(14-19)28-3/h5-8,10-14,16-17H,4,9,15H2,1-3H3,(H,24,27)/t17-/m1/s1. The molecule has 3 aromatic rings. The minimum Gasteiger partial charge on any atom is -0.497 e. The first-order valence-electron chi connectivity index (χ1n) is 9.67. The normalized spacial score (nSPS) is 11.8.